The molecule has 0 aliphatic rings. The van der Waals surface area contributed by atoms with Gasteiger partial charge in [0.05, 0.1) is 0 Å². The van der Waals surface area contributed by atoms with E-state index in [2.05, 4.69) is 15.5 Å². The van der Waals surface area contributed by atoms with Crippen LogP contribution in [0.3, 0.4) is 0 Å². The zero-order valence-corrected chi connectivity index (χ0v) is 11.8. The third-order valence-corrected chi connectivity index (χ3v) is 2.69. The van der Waals surface area contributed by atoms with E-state index >= 15 is 0 Å². The van der Waals surface area contributed by atoms with Crippen molar-refractivity contribution in [1.29, 1.82) is 0 Å². The predicted octanol–water partition coefficient (Wildman–Crippen LogP) is -1.76. The Labute approximate surface area is 115 Å². The van der Waals surface area contributed by atoms with Crippen LogP contribution in [-0.2, 0) is 9.59 Å². The van der Waals surface area contributed by atoms with E-state index in [4.69, 9.17) is 11.5 Å². The van der Waals surface area contributed by atoms with E-state index in [-0.39, 0.29) is 11.8 Å². The molecule has 6 N–H and O–H groups in total. The minimum atomic E-state index is -0.00326. The molecular weight excluding hydrogens is 246 g/mol. The zero-order chi connectivity index (χ0) is 14.5. The normalized spacial score (nSPS) is 10.5. The minimum absolute atomic E-state index is 0.00326. The van der Waals surface area contributed by atoms with E-state index in [0.717, 1.165) is 6.54 Å². The maximum absolute atomic E-state index is 11.4. The summed E-state index contributed by atoms with van der Waals surface area (Å²) in [7, 11) is 0. The summed E-state index contributed by atoms with van der Waals surface area (Å²) in [6.07, 6.45) is 0.858. The molecule has 112 valence electrons. The van der Waals surface area contributed by atoms with Gasteiger partial charge in [0.2, 0.25) is 11.8 Å². The van der Waals surface area contributed by atoms with Crippen molar-refractivity contribution in [3.8, 4) is 0 Å². The molecule has 0 spiro atoms. The summed E-state index contributed by atoms with van der Waals surface area (Å²) < 4.78 is 0. The Bertz CT molecular complexity index is 237. The van der Waals surface area contributed by atoms with E-state index in [9.17, 15) is 9.59 Å². The zero-order valence-electron chi connectivity index (χ0n) is 11.8. The van der Waals surface area contributed by atoms with Gasteiger partial charge in [-0.05, 0) is 6.54 Å². The summed E-state index contributed by atoms with van der Waals surface area (Å²) in [4.78, 5) is 24.9. The van der Waals surface area contributed by atoms with Gasteiger partial charge in [0.25, 0.3) is 0 Å². The van der Waals surface area contributed by atoms with Gasteiger partial charge in [-0.3, -0.25) is 9.59 Å². The quantitative estimate of drug-likeness (QED) is 0.356. The molecular formula is C12H27N5O2. The number of nitrogens with one attached hydrogen (secondary N) is 2. The summed E-state index contributed by atoms with van der Waals surface area (Å²) in [6.45, 7) is 6.03. The Hall–Kier alpha value is -1.18. The molecule has 7 nitrogen and oxygen atoms in total. The van der Waals surface area contributed by atoms with E-state index in [1.807, 2.05) is 6.92 Å². The molecule has 0 rings (SSSR count). The fourth-order valence-corrected chi connectivity index (χ4v) is 1.55. The maximum atomic E-state index is 11.4. The van der Waals surface area contributed by atoms with Crippen molar-refractivity contribution >= 4 is 11.8 Å². The van der Waals surface area contributed by atoms with Crippen LogP contribution in [0.25, 0.3) is 0 Å². The average Bonchev–Trinajstić information content (AvgIpc) is 2.42. The number of nitrogens with zero attached hydrogens (tertiary/aromatic N) is 1. The predicted molar refractivity (Wildman–Crippen MR) is 75.5 cm³/mol. The monoisotopic (exact) mass is 273 g/mol. The molecule has 0 aromatic rings. The Balaban J connectivity index is 3.76. The largest absolute Gasteiger partial charge is 0.355 e. The second-order valence-corrected chi connectivity index (χ2v) is 4.21. The van der Waals surface area contributed by atoms with Crippen molar-refractivity contribution in [3.05, 3.63) is 0 Å². The molecule has 0 aliphatic heterocycles. The molecule has 0 aliphatic carbocycles. The van der Waals surface area contributed by atoms with Gasteiger partial charge in [0.15, 0.2) is 0 Å². The molecule has 0 saturated carbocycles. The van der Waals surface area contributed by atoms with E-state index in [0.29, 0.717) is 52.1 Å². The van der Waals surface area contributed by atoms with Gasteiger partial charge >= 0.3 is 0 Å². The second kappa shape index (κ2) is 11.9. The van der Waals surface area contributed by atoms with Crippen LogP contribution >= 0.6 is 0 Å². The first-order chi connectivity index (χ1) is 9.13. The number of rotatable bonds is 11. The summed E-state index contributed by atoms with van der Waals surface area (Å²) in [5, 5.41) is 5.44. The molecule has 0 radical (unpaired) electrons. The lowest BCUT2D eigenvalue weighted by molar-refractivity contribution is -0.121. The molecule has 0 saturated heterocycles. The van der Waals surface area contributed by atoms with Crippen LogP contribution in [0.1, 0.15) is 19.8 Å². The standard InChI is InChI=1S/C12H27N5O2/c1-2-17(9-3-11(18)15-7-5-13)10-4-12(19)16-8-6-14/h2-10,13-14H2,1H3,(H,15,18)(H,16,19). The lowest BCUT2D eigenvalue weighted by Gasteiger charge is -2.19. The summed E-state index contributed by atoms with van der Waals surface area (Å²) >= 11 is 0. The van der Waals surface area contributed by atoms with Crippen LogP contribution in [0.4, 0.5) is 0 Å². The molecule has 0 atom stereocenters. The van der Waals surface area contributed by atoms with Crippen molar-refractivity contribution in [2.24, 2.45) is 11.5 Å². The van der Waals surface area contributed by atoms with Gasteiger partial charge < -0.3 is 27.0 Å². The lowest BCUT2D eigenvalue weighted by atomic mass is 10.3. The van der Waals surface area contributed by atoms with E-state index in [1.54, 1.807) is 0 Å². The first-order valence-corrected chi connectivity index (χ1v) is 6.79. The van der Waals surface area contributed by atoms with Gasteiger partial charge in [-0.2, -0.15) is 0 Å². The van der Waals surface area contributed by atoms with Crippen molar-refractivity contribution < 1.29 is 9.59 Å². The van der Waals surface area contributed by atoms with E-state index in [1.165, 1.54) is 0 Å². The number of carbonyl (C=O) groups is 2. The number of carbonyl (C=O) groups excluding carboxylic acids is 2. The van der Waals surface area contributed by atoms with Gasteiger partial charge in [0.1, 0.15) is 0 Å². The second-order valence-electron chi connectivity index (χ2n) is 4.21. The van der Waals surface area contributed by atoms with Gasteiger partial charge in [-0.25, -0.2) is 0 Å². The number of amides is 2. The first kappa shape index (κ1) is 17.8. The van der Waals surface area contributed by atoms with Crippen LogP contribution < -0.4 is 22.1 Å². The number of hydrogen-bond acceptors (Lipinski definition) is 5. The maximum Gasteiger partial charge on any atom is 0.221 e. The highest BCUT2D eigenvalue weighted by Gasteiger charge is 2.08. The molecule has 0 aromatic carbocycles. The van der Waals surface area contributed by atoms with Crippen LogP contribution in [0.5, 0.6) is 0 Å². The molecule has 0 unspecified atom stereocenters. The fourth-order valence-electron chi connectivity index (χ4n) is 1.55. The molecule has 0 heterocycles. The van der Waals surface area contributed by atoms with Gasteiger partial charge in [0, 0.05) is 52.1 Å². The van der Waals surface area contributed by atoms with Crippen molar-refractivity contribution in [1.82, 2.24) is 15.5 Å². The number of hydrogen-bond donors (Lipinski definition) is 4. The fraction of sp³-hybridized carbons (Fsp3) is 0.833. The molecule has 19 heavy (non-hydrogen) atoms. The lowest BCUT2D eigenvalue weighted by Crippen LogP contribution is -2.36. The smallest absolute Gasteiger partial charge is 0.221 e. The number of nitrogens with two attached hydrogens (primary N) is 2. The van der Waals surface area contributed by atoms with E-state index < -0.39 is 0 Å². The molecule has 0 bridgehead atoms. The molecule has 7 heteroatoms. The summed E-state index contributed by atoms with van der Waals surface area (Å²) in [5.74, 6) is -0.00651. The van der Waals surface area contributed by atoms with Crippen LogP contribution in [0, 0.1) is 0 Å². The van der Waals surface area contributed by atoms with Crippen LogP contribution in [0.2, 0.25) is 0 Å². The average molecular weight is 273 g/mol. The first-order valence-electron chi connectivity index (χ1n) is 6.79. The molecule has 2 amide bonds. The highest BCUT2D eigenvalue weighted by Crippen LogP contribution is 1.94. The topological polar surface area (TPSA) is 113 Å². The van der Waals surface area contributed by atoms with Crippen molar-refractivity contribution in [3.63, 3.8) is 0 Å². The Morgan fingerprint density at radius 2 is 1.37 bits per heavy atom. The van der Waals surface area contributed by atoms with Crippen molar-refractivity contribution in [2.75, 3.05) is 45.8 Å². The van der Waals surface area contributed by atoms with Crippen molar-refractivity contribution in [2.45, 2.75) is 19.8 Å². The van der Waals surface area contributed by atoms with Gasteiger partial charge in [-0.15, -0.1) is 0 Å². The highest BCUT2D eigenvalue weighted by molar-refractivity contribution is 5.76. The highest BCUT2D eigenvalue weighted by atomic mass is 16.2. The SMILES string of the molecule is CCN(CCC(=O)NCCN)CCC(=O)NCCN. The summed E-state index contributed by atoms with van der Waals surface area (Å²) in [6, 6.07) is 0. The third-order valence-electron chi connectivity index (χ3n) is 2.69. The van der Waals surface area contributed by atoms with Crippen LogP contribution in [-0.4, -0.2) is 62.5 Å². The third kappa shape index (κ3) is 10.4. The Morgan fingerprint density at radius 3 is 1.68 bits per heavy atom. The summed E-state index contributed by atoms with van der Waals surface area (Å²) in [5.41, 5.74) is 10.6. The molecule has 0 aromatic heterocycles. The Morgan fingerprint density at radius 1 is 0.947 bits per heavy atom. The minimum Gasteiger partial charge on any atom is -0.355 e. The van der Waals surface area contributed by atoms with Gasteiger partial charge in [-0.1, -0.05) is 6.92 Å². The molecule has 0 fully saturated rings. The Kier molecular flexibility index (Phi) is 11.1. The van der Waals surface area contributed by atoms with Crippen LogP contribution in [0.15, 0.2) is 0 Å².